The molecular weight excluding hydrogens is 409 g/mol. The maximum absolute atomic E-state index is 14.6. The van der Waals surface area contributed by atoms with Crippen molar-refractivity contribution in [2.75, 3.05) is 0 Å². The van der Waals surface area contributed by atoms with Gasteiger partial charge in [0.2, 0.25) is 0 Å². The molecule has 1 nitrogen and oxygen atoms in total. The fourth-order valence-corrected chi connectivity index (χ4v) is 4.32. The summed E-state index contributed by atoms with van der Waals surface area (Å²) >= 11 is 0. The topological polar surface area (TPSA) is 9.23 Å². The van der Waals surface area contributed by atoms with E-state index >= 15 is 0 Å². The van der Waals surface area contributed by atoms with Gasteiger partial charge in [-0.1, -0.05) is 49.4 Å². The zero-order valence-electron chi connectivity index (χ0n) is 19.0. The summed E-state index contributed by atoms with van der Waals surface area (Å²) in [6.45, 7) is 4.07. The summed E-state index contributed by atoms with van der Waals surface area (Å²) in [5.41, 5.74) is 2.23. The van der Waals surface area contributed by atoms with E-state index in [2.05, 4.69) is 12.2 Å². The molecule has 1 fully saturated rings. The number of halogens is 3. The average molecular weight is 443 g/mol. The van der Waals surface area contributed by atoms with Crippen molar-refractivity contribution in [3.05, 3.63) is 78.1 Å². The van der Waals surface area contributed by atoms with E-state index in [1.165, 1.54) is 18.6 Å². The Morgan fingerprint density at radius 3 is 2.38 bits per heavy atom. The van der Waals surface area contributed by atoms with Crippen LogP contribution in [0.15, 0.2) is 66.8 Å². The molecule has 2 aromatic rings. The first-order valence-corrected chi connectivity index (χ1v) is 11.7. The van der Waals surface area contributed by atoms with Crippen LogP contribution in [0.3, 0.4) is 0 Å². The van der Waals surface area contributed by atoms with Gasteiger partial charge in [-0.25, -0.2) is 4.39 Å². The first kappa shape index (κ1) is 24.2. The van der Waals surface area contributed by atoms with Crippen LogP contribution < -0.4 is 4.74 Å². The van der Waals surface area contributed by atoms with E-state index in [0.29, 0.717) is 17.0 Å². The van der Waals surface area contributed by atoms with Crippen molar-refractivity contribution in [1.29, 1.82) is 0 Å². The Hall–Kier alpha value is -2.49. The standard InChI is InChI=1S/C28H33F3O/c1-3-5-6-7-22-8-10-23(11-9-22)18-19-28(30,31)32-25-16-17-26(27(29)20-25)24-14-12-21(4-2)13-15-24/h3,5,12-20,22-23H,4,6-11H2,1-2H3. The first-order valence-electron chi connectivity index (χ1n) is 11.7. The molecule has 3 rings (SSSR count). The van der Waals surface area contributed by atoms with Gasteiger partial charge in [0.1, 0.15) is 11.6 Å². The second kappa shape index (κ2) is 11.4. The summed E-state index contributed by atoms with van der Waals surface area (Å²) in [6, 6.07) is 11.5. The van der Waals surface area contributed by atoms with Crippen LogP contribution in [0.1, 0.15) is 57.9 Å². The molecule has 0 N–H and O–H groups in total. The molecule has 172 valence electrons. The molecule has 2 aromatic carbocycles. The van der Waals surface area contributed by atoms with Crippen molar-refractivity contribution < 1.29 is 17.9 Å². The van der Waals surface area contributed by atoms with Gasteiger partial charge in [0.25, 0.3) is 0 Å². The lowest BCUT2D eigenvalue weighted by Gasteiger charge is -2.26. The minimum atomic E-state index is -3.47. The SMILES string of the molecule is CC=CCCC1CCC(C=CC(F)(F)Oc2ccc(-c3ccc(CC)cc3)c(F)c2)CC1. The van der Waals surface area contributed by atoms with Gasteiger partial charge in [-0.05, 0) is 87.0 Å². The largest absolute Gasteiger partial charge is 0.429 e. The number of hydrogen-bond acceptors (Lipinski definition) is 1. The highest BCUT2D eigenvalue weighted by Gasteiger charge is 2.29. The van der Waals surface area contributed by atoms with E-state index < -0.39 is 11.9 Å². The van der Waals surface area contributed by atoms with Crippen LogP contribution >= 0.6 is 0 Å². The fraction of sp³-hybridized carbons (Fsp3) is 0.429. The van der Waals surface area contributed by atoms with Gasteiger partial charge in [0, 0.05) is 17.7 Å². The second-order valence-electron chi connectivity index (χ2n) is 8.64. The lowest BCUT2D eigenvalue weighted by molar-refractivity contribution is -0.132. The number of rotatable bonds is 9. The van der Waals surface area contributed by atoms with Gasteiger partial charge in [-0.15, -0.1) is 0 Å². The monoisotopic (exact) mass is 442 g/mol. The minimum absolute atomic E-state index is 0.146. The molecule has 0 aliphatic heterocycles. The molecule has 0 heterocycles. The van der Waals surface area contributed by atoms with Gasteiger partial charge < -0.3 is 4.74 Å². The molecule has 0 unspecified atom stereocenters. The van der Waals surface area contributed by atoms with Crippen molar-refractivity contribution in [3.8, 4) is 16.9 Å². The molecule has 0 aromatic heterocycles. The summed E-state index contributed by atoms with van der Waals surface area (Å²) in [7, 11) is 0. The van der Waals surface area contributed by atoms with Gasteiger partial charge in [-0.3, -0.25) is 0 Å². The minimum Gasteiger partial charge on any atom is -0.429 e. The molecule has 0 amide bonds. The quantitative estimate of drug-likeness (QED) is 0.353. The summed E-state index contributed by atoms with van der Waals surface area (Å²) in [5.74, 6) is 0.0708. The third-order valence-corrected chi connectivity index (χ3v) is 6.30. The van der Waals surface area contributed by atoms with Crippen LogP contribution in [0, 0.1) is 17.7 Å². The van der Waals surface area contributed by atoms with Gasteiger partial charge in [0.15, 0.2) is 0 Å². The smallest absolute Gasteiger partial charge is 0.419 e. The second-order valence-corrected chi connectivity index (χ2v) is 8.64. The molecule has 0 atom stereocenters. The highest BCUT2D eigenvalue weighted by atomic mass is 19.3. The van der Waals surface area contributed by atoms with Gasteiger partial charge in [-0.2, -0.15) is 8.78 Å². The van der Waals surface area contributed by atoms with Crippen LogP contribution in [-0.4, -0.2) is 6.11 Å². The van der Waals surface area contributed by atoms with Crippen LogP contribution in [0.2, 0.25) is 0 Å². The van der Waals surface area contributed by atoms with Crippen LogP contribution in [-0.2, 0) is 6.42 Å². The number of benzene rings is 2. The van der Waals surface area contributed by atoms with Crippen molar-refractivity contribution in [2.45, 2.75) is 64.9 Å². The first-order chi connectivity index (χ1) is 15.4. The van der Waals surface area contributed by atoms with Gasteiger partial charge >= 0.3 is 6.11 Å². The third kappa shape index (κ3) is 7.01. The zero-order valence-corrected chi connectivity index (χ0v) is 19.0. The van der Waals surface area contributed by atoms with E-state index in [-0.39, 0.29) is 11.7 Å². The highest BCUT2D eigenvalue weighted by molar-refractivity contribution is 5.65. The molecule has 1 aliphatic carbocycles. The van der Waals surface area contributed by atoms with Crippen molar-refractivity contribution in [1.82, 2.24) is 0 Å². The molecule has 0 saturated heterocycles. The lowest BCUT2D eigenvalue weighted by Crippen LogP contribution is -2.22. The highest BCUT2D eigenvalue weighted by Crippen LogP contribution is 2.34. The fourth-order valence-electron chi connectivity index (χ4n) is 4.32. The lowest BCUT2D eigenvalue weighted by atomic mass is 9.80. The number of ether oxygens (including phenoxy) is 1. The summed E-state index contributed by atoms with van der Waals surface area (Å²) in [6.07, 6.45) is 10.3. The van der Waals surface area contributed by atoms with E-state index in [0.717, 1.165) is 56.2 Å². The Morgan fingerprint density at radius 2 is 1.75 bits per heavy atom. The number of allylic oxidation sites excluding steroid dienone is 3. The normalized spacial score (nSPS) is 19.7. The molecule has 0 spiro atoms. The van der Waals surface area contributed by atoms with Crippen LogP contribution in [0.4, 0.5) is 13.2 Å². The van der Waals surface area contributed by atoms with E-state index in [9.17, 15) is 13.2 Å². The maximum Gasteiger partial charge on any atom is 0.419 e. The molecule has 0 bridgehead atoms. The van der Waals surface area contributed by atoms with E-state index in [1.54, 1.807) is 6.08 Å². The van der Waals surface area contributed by atoms with Crippen molar-refractivity contribution >= 4 is 0 Å². The van der Waals surface area contributed by atoms with E-state index in [1.807, 2.05) is 38.1 Å². The summed E-state index contributed by atoms with van der Waals surface area (Å²) < 4.78 is 48.1. The Morgan fingerprint density at radius 1 is 1.03 bits per heavy atom. The Bertz CT molecular complexity index is 907. The summed E-state index contributed by atoms with van der Waals surface area (Å²) in [5, 5.41) is 0. The molecule has 32 heavy (non-hydrogen) atoms. The summed E-state index contributed by atoms with van der Waals surface area (Å²) in [4.78, 5) is 0. The Balaban J connectivity index is 1.56. The van der Waals surface area contributed by atoms with E-state index in [4.69, 9.17) is 4.74 Å². The molecule has 1 saturated carbocycles. The van der Waals surface area contributed by atoms with Crippen LogP contribution in [0.5, 0.6) is 5.75 Å². The zero-order chi connectivity index (χ0) is 23.0. The average Bonchev–Trinajstić information content (AvgIpc) is 2.79. The predicted octanol–water partition coefficient (Wildman–Crippen LogP) is 8.75. The Labute approximate surface area is 190 Å². The Kier molecular flexibility index (Phi) is 8.60. The van der Waals surface area contributed by atoms with Gasteiger partial charge in [0.05, 0.1) is 0 Å². The van der Waals surface area contributed by atoms with Crippen molar-refractivity contribution in [2.24, 2.45) is 11.8 Å². The molecular formula is C28H33F3O. The number of aryl methyl sites for hydroxylation is 1. The predicted molar refractivity (Wildman–Crippen MR) is 125 cm³/mol. The molecule has 0 radical (unpaired) electrons. The van der Waals surface area contributed by atoms with Crippen LogP contribution in [0.25, 0.3) is 11.1 Å². The number of alkyl halides is 2. The number of hydrogen-bond donors (Lipinski definition) is 0. The van der Waals surface area contributed by atoms with Crippen molar-refractivity contribution in [3.63, 3.8) is 0 Å². The molecule has 1 aliphatic rings. The third-order valence-electron chi connectivity index (χ3n) is 6.30. The molecule has 4 heteroatoms. The maximum atomic E-state index is 14.6.